The van der Waals surface area contributed by atoms with Gasteiger partial charge in [-0.2, -0.15) is 57.1 Å². The first-order valence-corrected chi connectivity index (χ1v) is 4.45. The number of rotatable bonds is 4. The lowest BCUT2D eigenvalue weighted by Gasteiger charge is -2.31. The van der Waals surface area contributed by atoms with E-state index in [9.17, 15) is 57.1 Å². The summed E-state index contributed by atoms with van der Waals surface area (Å²) in [4.78, 5) is 0. The molecule has 14 heteroatoms. The minimum atomic E-state index is -7.12. The SMILES string of the molecule is FC(F)(F)CC(OC(F)(F)C(F)(F)C(F)(F)F)C(F)(F)F. The Labute approximate surface area is 106 Å². The maximum atomic E-state index is 12.5. The Kier molecular flexibility index (Phi) is 5.11. The summed E-state index contributed by atoms with van der Waals surface area (Å²) in [5.74, 6) is -7.12. The molecule has 0 saturated heterocycles. The van der Waals surface area contributed by atoms with Crippen LogP contribution in [-0.4, -0.2) is 36.7 Å². The molecule has 0 bridgehead atoms. The minimum Gasteiger partial charge on any atom is -0.302 e. The third-order valence-electron chi connectivity index (χ3n) is 1.79. The predicted octanol–water partition coefficient (Wildman–Crippen LogP) is 4.68. The molecular weight excluding hydrogens is 347 g/mol. The van der Waals surface area contributed by atoms with Gasteiger partial charge in [0.2, 0.25) is 0 Å². The lowest BCUT2D eigenvalue weighted by molar-refractivity contribution is -0.448. The van der Waals surface area contributed by atoms with Crippen LogP contribution < -0.4 is 0 Å². The molecule has 21 heavy (non-hydrogen) atoms. The highest BCUT2D eigenvalue weighted by Crippen LogP contribution is 2.49. The topological polar surface area (TPSA) is 9.23 Å². The molecule has 0 heterocycles. The lowest BCUT2D eigenvalue weighted by Crippen LogP contribution is -2.56. The normalized spacial score (nSPS) is 17.0. The van der Waals surface area contributed by atoms with Gasteiger partial charge in [-0.15, -0.1) is 0 Å². The van der Waals surface area contributed by atoms with Gasteiger partial charge in [0.15, 0.2) is 6.10 Å². The molecule has 0 aliphatic rings. The van der Waals surface area contributed by atoms with E-state index in [-0.39, 0.29) is 0 Å². The number of ether oxygens (including phenoxy) is 1. The molecule has 0 rings (SSSR count). The van der Waals surface area contributed by atoms with Gasteiger partial charge in [0.25, 0.3) is 0 Å². The maximum absolute atomic E-state index is 12.5. The van der Waals surface area contributed by atoms with Crippen molar-refractivity contribution in [2.45, 2.75) is 43.1 Å². The first kappa shape index (κ1) is 20.1. The summed E-state index contributed by atoms with van der Waals surface area (Å²) in [7, 11) is 0. The van der Waals surface area contributed by atoms with E-state index in [1.807, 2.05) is 0 Å². The van der Waals surface area contributed by atoms with E-state index in [0.29, 0.717) is 0 Å². The summed E-state index contributed by atoms with van der Waals surface area (Å²) in [6, 6.07) is 0. The Morgan fingerprint density at radius 3 is 1.29 bits per heavy atom. The second-order valence-electron chi connectivity index (χ2n) is 3.56. The first-order valence-electron chi connectivity index (χ1n) is 4.45. The van der Waals surface area contributed by atoms with Gasteiger partial charge in [-0.1, -0.05) is 0 Å². The second kappa shape index (κ2) is 5.35. The molecule has 1 atom stereocenters. The predicted molar refractivity (Wildman–Crippen MR) is 37.5 cm³/mol. The van der Waals surface area contributed by atoms with Crippen LogP contribution in [0.1, 0.15) is 6.42 Å². The van der Waals surface area contributed by atoms with Crippen LogP contribution in [0.2, 0.25) is 0 Å². The van der Waals surface area contributed by atoms with Crippen molar-refractivity contribution in [3.05, 3.63) is 0 Å². The van der Waals surface area contributed by atoms with Gasteiger partial charge in [-0.05, 0) is 0 Å². The van der Waals surface area contributed by atoms with E-state index in [4.69, 9.17) is 0 Å². The Hall–Kier alpha value is -0.950. The Morgan fingerprint density at radius 2 is 1.05 bits per heavy atom. The molecule has 0 N–H and O–H groups in total. The van der Waals surface area contributed by atoms with E-state index in [1.165, 1.54) is 0 Å². The highest BCUT2D eigenvalue weighted by Gasteiger charge is 2.76. The fourth-order valence-corrected chi connectivity index (χ4v) is 0.852. The molecule has 0 aromatic heterocycles. The lowest BCUT2D eigenvalue weighted by atomic mass is 10.2. The van der Waals surface area contributed by atoms with Crippen molar-refractivity contribution in [2.24, 2.45) is 0 Å². The Bertz CT molecular complexity index is 347. The molecule has 1 unspecified atom stereocenters. The Balaban J connectivity index is 5.44. The molecule has 0 radical (unpaired) electrons. The smallest absolute Gasteiger partial charge is 0.302 e. The van der Waals surface area contributed by atoms with E-state index in [2.05, 4.69) is 4.74 Å². The van der Waals surface area contributed by atoms with Gasteiger partial charge in [0.05, 0.1) is 6.42 Å². The van der Waals surface area contributed by atoms with E-state index in [0.717, 1.165) is 0 Å². The highest BCUT2D eigenvalue weighted by molar-refractivity contribution is 4.87. The largest absolute Gasteiger partial charge is 0.462 e. The van der Waals surface area contributed by atoms with Crippen LogP contribution in [0.3, 0.4) is 0 Å². The third kappa shape index (κ3) is 5.07. The standard InChI is InChI=1S/C7H3F13O/c8-3(9,10)1-2(4(11,12)13)21-7(19,20)5(14,15)6(16,17)18/h2H,1H2. The summed E-state index contributed by atoms with van der Waals surface area (Å²) in [5.41, 5.74) is 0. The summed E-state index contributed by atoms with van der Waals surface area (Å²) < 4.78 is 157. The van der Waals surface area contributed by atoms with Crippen LogP contribution in [0.5, 0.6) is 0 Å². The van der Waals surface area contributed by atoms with E-state index >= 15 is 0 Å². The summed E-state index contributed by atoms with van der Waals surface area (Å²) >= 11 is 0. The van der Waals surface area contributed by atoms with Gasteiger partial charge in [-0.3, -0.25) is 0 Å². The van der Waals surface area contributed by atoms with Crippen LogP contribution in [-0.2, 0) is 4.74 Å². The van der Waals surface area contributed by atoms with Crippen molar-refractivity contribution >= 4 is 0 Å². The zero-order chi connectivity index (χ0) is 17.5. The molecule has 1 nitrogen and oxygen atoms in total. The van der Waals surface area contributed by atoms with Crippen molar-refractivity contribution in [3.63, 3.8) is 0 Å². The van der Waals surface area contributed by atoms with Crippen LogP contribution in [0, 0.1) is 0 Å². The summed E-state index contributed by atoms with van der Waals surface area (Å²) in [5, 5.41) is 0. The van der Waals surface area contributed by atoms with Crippen molar-refractivity contribution in [1.29, 1.82) is 0 Å². The molecular formula is C7H3F13O. The van der Waals surface area contributed by atoms with Gasteiger partial charge >= 0.3 is 30.6 Å². The zero-order valence-corrected chi connectivity index (χ0v) is 9.11. The van der Waals surface area contributed by atoms with Crippen LogP contribution in [0.25, 0.3) is 0 Å². The summed E-state index contributed by atoms with van der Waals surface area (Å²) in [6.45, 7) is 0. The highest BCUT2D eigenvalue weighted by atomic mass is 19.4. The van der Waals surface area contributed by atoms with Gasteiger partial charge in [0.1, 0.15) is 0 Å². The fraction of sp³-hybridized carbons (Fsp3) is 1.00. The van der Waals surface area contributed by atoms with Crippen molar-refractivity contribution in [1.82, 2.24) is 0 Å². The number of halogens is 13. The van der Waals surface area contributed by atoms with E-state index in [1.54, 1.807) is 0 Å². The van der Waals surface area contributed by atoms with Crippen LogP contribution in [0.4, 0.5) is 57.1 Å². The van der Waals surface area contributed by atoms with Gasteiger partial charge in [0, 0.05) is 0 Å². The second-order valence-corrected chi connectivity index (χ2v) is 3.56. The van der Waals surface area contributed by atoms with Gasteiger partial charge in [-0.25, -0.2) is 0 Å². The minimum absolute atomic E-state index is 2.12. The Morgan fingerprint density at radius 1 is 0.667 bits per heavy atom. The molecule has 0 aliphatic carbocycles. The molecule has 0 aromatic rings. The molecule has 0 aromatic carbocycles. The number of hydrogen-bond donors (Lipinski definition) is 0. The van der Waals surface area contributed by atoms with Crippen molar-refractivity contribution in [2.75, 3.05) is 0 Å². The molecule has 0 fully saturated rings. The van der Waals surface area contributed by atoms with Crippen molar-refractivity contribution in [3.8, 4) is 0 Å². The van der Waals surface area contributed by atoms with Gasteiger partial charge < -0.3 is 4.74 Å². The number of hydrogen-bond acceptors (Lipinski definition) is 1. The molecule has 0 aliphatic heterocycles. The monoisotopic (exact) mass is 350 g/mol. The quantitative estimate of drug-likeness (QED) is 0.670. The maximum Gasteiger partial charge on any atom is 0.462 e. The number of alkyl halides is 13. The third-order valence-corrected chi connectivity index (χ3v) is 1.79. The zero-order valence-electron chi connectivity index (χ0n) is 9.11. The van der Waals surface area contributed by atoms with Crippen molar-refractivity contribution < 1.29 is 61.8 Å². The first-order chi connectivity index (χ1) is 8.81. The average Bonchev–Trinajstić information content (AvgIpc) is 2.09. The molecule has 0 saturated carbocycles. The molecule has 0 amide bonds. The van der Waals surface area contributed by atoms with Crippen LogP contribution >= 0.6 is 0 Å². The molecule has 0 spiro atoms. The van der Waals surface area contributed by atoms with Crippen LogP contribution in [0.15, 0.2) is 0 Å². The average molecular weight is 350 g/mol. The molecule has 128 valence electrons. The fourth-order valence-electron chi connectivity index (χ4n) is 0.852. The van der Waals surface area contributed by atoms with E-state index < -0.39 is 43.1 Å². The summed E-state index contributed by atoms with van der Waals surface area (Å²) in [6.07, 6.45) is -33.8.